The smallest absolute Gasteiger partial charge is 0.333 e. The molecule has 0 unspecified atom stereocenters. The Morgan fingerprint density at radius 3 is 2.00 bits per heavy atom. The summed E-state index contributed by atoms with van der Waals surface area (Å²) in [5.41, 5.74) is 0.865. The van der Waals surface area contributed by atoms with E-state index in [1.165, 1.54) is 24.3 Å². The summed E-state index contributed by atoms with van der Waals surface area (Å²) in [5.74, 6) is 0. The Balaban J connectivity index is 2.21. The maximum Gasteiger partial charge on any atom is 0.333 e. The zero-order chi connectivity index (χ0) is 18.8. The fourth-order valence-electron chi connectivity index (χ4n) is 2.00. The van der Waals surface area contributed by atoms with Crippen molar-refractivity contribution in [3.05, 3.63) is 51.5 Å². The topological polar surface area (TPSA) is 78.5 Å². The van der Waals surface area contributed by atoms with Crippen LogP contribution in [0.5, 0.6) is 0 Å². The molecule has 10 heteroatoms. The van der Waals surface area contributed by atoms with Gasteiger partial charge in [0.2, 0.25) is 0 Å². The van der Waals surface area contributed by atoms with Crippen molar-refractivity contribution in [1.29, 1.82) is 0 Å². The first-order valence-electron chi connectivity index (χ1n) is 6.86. The number of sulfonamides is 1. The number of carbonyl (C=O) groups excluding carboxylic acids is 1. The van der Waals surface area contributed by atoms with E-state index in [1.807, 2.05) is 4.72 Å². The number of nitrogens with one attached hydrogen (secondary N) is 2. The van der Waals surface area contributed by atoms with Crippen molar-refractivity contribution in [2.45, 2.75) is 4.90 Å². The van der Waals surface area contributed by atoms with E-state index in [-0.39, 0.29) is 14.9 Å². The minimum absolute atomic E-state index is 0.149. The van der Waals surface area contributed by atoms with E-state index < -0.39 is 16.1 Å². The molecule has 2 aromatic rings. The summed E-state index contributed by atoms with van der Waals surface area (Å²) in [5, 5.41) is 3.18. The molecule has 134 valence electrons. The summed E-state index contributed by atoms with van der Waals surface area (Å²) in [6.45, 7) is 0. The number of anilines is 2. The molecule has 0 atom stereocenters. The predicted octanol–water partition coefficient (Wildman–Crippen LogP) is 4.22. The van der Waals surface area contributed by atoms with Gasteiger partial charge in [-0.3, -0.25) is 0 Å². The van der Waals surface area contributed by atoms with Gasteiger partial charge >= 0.3 is 6.03 Å². The summed E-state index contributed by atoms with van der Waals surface area (Å²) >= 11 is 17.9. The van der Waals surface area contributed by atoms with E-state index in [1.54, 1.807) is 31.1 Å². The van der Waals surface area contributed by atoms with Gasteiger partial charge in [-0.1, -0.05) is 34.8 Å². The Morgan fingerprint density at radius 1 is 1.00 bits per heavy atom. The Hall–Kier alpha value is -1.67. The molecule has 2 rings (SSSR count). The number of amides is 2. The molecule has 0 aliphatic rings. The van der Waals surface area contributed by atoms with E-state index in [0.29, 0.717) is 16.4 Å². The quantitative estimate of drug-likeness (QED) is 0.773. The first-order valence-corrected chi connectivity index (χ1v) is 9.47. The average Bonchev–Trinajstić information content (AvgIpc) is 2.47. The van der Waals surface area contributed by atoms with Crippen LogP contribution in [0.4, 0.5) is 16.2 Å². The molecule has 0 aliphatic heterocycles. The third kappa shape index (κ3) is 4.92. The van der Waals surface area contributed by atoms with Gasteiger partial charge in [-0.25, -0.2) is 17.9 Å². The van der Waals surface area contributed by atoms with Crippen LogP contribution in [0.2, 0.25) is 15.1 Å². The number of halogens is 3. The second kappa shape index (κ2) is 7.70. The summed E-state index contributed by atoms with van der Waals surface area (Å²) in [4.78, 5) is 13.4. The lowest BCUT2D eigenvalue weighted by atomic mass is 10.3. The van der Waals surface area contributed by atoms with Crippen LogP contribution in [-0.4, -0.2) is 28.5 Å². The lowest BCUT2D eigenvalue weighted by Crippen LogP contribution is -2.34. The largest absolute Gasteiger partial charge is 0.375 e. The number of carbonyl (C=O) groups is 1. The minimum Gasteiger partial charge on any atom is -0.375 e. The standard InChI is InChI=1S/C15H14Cl3N3O3S/c1-21(2)14-12(17)7-11(8-13(14)18)25(23,24)20-15(22)19-10-5-3-9(16)4-6-10/h3-8H,1-2H3,(H2,19,20,22). The van der Waals surface area contributed by atoms with Crippen molar-refractivity contribution in [3.8, 4) is 0 Å². The highest BCUT2D eigenvalue weighted by molar-refractivity contribution is 7.90. The summed E-state index contributed by atoms with van der Waals surface area (Å²) < 4.78 is 26.6. The van der Waals surface area contributed by atoms with Crippen LogP contribution in [0.15, 0.2) is 41.3 Å². The van der Waals surface area contributed by atoms with Gasteiger partial charge in [-0.05, 0) is 36.4 Å². The maximum atomic E-state index is 12.3. The van der Waals surface area contributed by atoms with Gasteiger partial charge in [-0.2, -0.15) is 0 Å². The molecule has 2 aromatic carbocycles. The van der Waals surface area contributed by atoms with Gasteiger partial charge < -0.3 is 10.2 Å². The molecule has 0 saturated heterocycles. The third-order valence-electron chi connectivity index (χ3n) is 3.08. The summed E-state index contributed by atoms with van der Waals surface area (Å²) in [7, 11) is -0.708. The normalized spacial score (nSPS) is 11.1. The van der Waals surface area contributed by atoms with E-state index in [2.05, 4.69) is 5.32 Å². The van der Waals surface area contributed by atoms with E-state index in [4.69, 9.17) is 34.8 Å². The van der Waals surface area contributed by atoms with Crippen molar-refractivity contribution in [3.63, 3.8) is 0 Å². The molecule has 0 fully saturated rings. The zero-order valence-electron chi connectivity index (χ0n) is 13.2. The lowest BCUT2D eigenvalue weighted by Gasteiger charge is -2.17. The van der Waals surface area contributed by atoms with Gasteiger partial charge in [0.25, 0.3) is 10.0 Å². The molecule has 6 nitrogen and oxygen atoms in total. The van der Waals surface area contributed by atoms with Gasteiger partial charge in [0.15, 0.2) is 0 Å². The highest BCUT2D eigenvalue weighted by Crippen LogP contribution is 2.35. The van der Waals surface area contributed by atoms with Crippen molar-refractivity contribution >= 4 is 62.2 Å². The van der Waals surface area contributed by atoms with Crippen LogP contribution in [0, 0.1) is 0 Å². The second-order valence-corrected chi connectivity index (χ2v) is 8.13. The molecule has 0 bridgehead atoms. The van der Waals surface area contributed by atoms with Crippen LogP contribution in [-0.2, 0) is 10.0 Å². The van der Waals surface area contributed by atoms with Gasteiger partial charge in [0.1, 0.15) is 0 Å². The van der Waals surface area contributed by atoms with Crippen LogP contribution in [0.1, 0.15) is 0 Å². The fourth-order valence-corrected chi connectivity index (χ4v) is 4.03. The number of hydrogen-bond acceptors (Lipinski definition) is 4. The fraction of sp³-hybridized carbons (Fsp3) is 0.133. The zero-order valence-corrected chi connectivity index (χ0v) is 16.3. The first kappa shape index (κ1) is 19.7. The Labute approximate surface area is 160 Å². The Bertz CT molecular complexity index is 877. The molecule has 0 spiro atoms. The number of rotatable bonds is 4. The highest BCUT2D eigenvalue weighted by atomic mass is 35.5. The predicted molar refractivity (Wildman–Crippen MR) is 102 cm³/mol. The molecule has 0 saturated carbocycles. The van der Waals surface area contributed by atoms with Crippen molar-refractivity contribution in [2.75, 3.05) is 24.3 Å². The van der Waals surface area contributed by atoms with E-state index in [9.17, 15) is 13.2 Å². The molecular weight excluding hydrogens is 409 g/mol. The van der Waals surface area contributed by atoms with Crippen molar-refractivity contribution < 1.29 is 13.2 Å². The van der Waals surface area contributed by atoms with Crippen LogP contribution < -0.4 is 14.9 Å². The van der Waals surface area contributed by atoms with Crippen LogP contribution in [0.25, 0.3) is 0 Å². The number of benzene rings is 2. The molecule has 2 N–H and O–H groups in total. The Morgan fingerprint density at radius 2 is 1.52 bits per heavy atom. The number of nitrogens with zero attached hydrogens (tertiary/aromatic N) is 1. The third-order valence-corrected chi connectivity index (χ3v) is 5.22. The molecule has 2 amide bonds. The molecular formula is C15H14Cl3N3O3S. The first-order chi connectivity index (χ1) is 11.6. The van der Waals surface area contributed by atoms with E-state index in [0.717, 1.165) is 0 Å². The second-order valence-electron chi connectivity index (χ2n) is 5.20. The number of hydrogen-bond donors (Lipinski definition) is 2. The highest BCUT2D eigenvalue weighted by Gasteiger charge is 2.21. The summed E-state index contributed by atoms with van der Waals surface area (Å²) in [6.07, 6.45) is 0. The van der Waals surface area contributed by atoms with Gasteiger partial charge in [0, 0.05) is 24.8 Å². The number of urea groups is 1. The maximum absolute atomic E-state index is 12.3. The molecule has 0 heterocycles. The van der Waals surface area contributed by atoms with E-state index >= 15 is 0 Å². The lowest BCUT2D eigenvalue weighted by molar-refractivity contribution is 0.256. The molecule has 0 aromatic heterocycles. The van der Waals surface area contributed by atoms with Crippen LogP contribution >= 0.6 is 34.8 Å². The van der Waals surface area contributed by atoms with Gasteiger partial charge in [0.05, 0.1) is 20.6 Å². The minimum atomic E-state index is -4.15. The molecule has 0 radical (unpaired) electrons. The SMILES string of the molecule is CN(C)c1c(Cl)cc(S(=O)(=O)NC(=O)Nc2ccc(Cl)cc2)cc1Cl. The molecule has 25 heavy (non-hydrogen) atoms. The van der Waals surface area contributed by atoms with Crippen molar-refractivity contribution in [1.82, 2.24) is 4.72 Å². The van der Waals surface area contributed by atoms with Gasteiger partial charge in [-0.15, -0.1) is 0 Å². The Kier molecular flexibility index (Phi) is 6.05. The summed E-state index contributed by atoms with van der Waals surface area (Å²) in [6, 6.07) is 7.71. The molecule has 0 aliphatic carbocycles. The average molecular weight is 423 g/mol. The van der Waals surface area contributed by atoms with Crippen molar-refractivity contribution in [2.24, 2.45) is 0 Å². The monoisotopic (exact) mass is 421 g/mol. The van der Waals surface area contributed by atoms with Crippen LogP contribution in [0.3, 0.4) is 0 Å².